The lowest BCUT2D eigenvalue weighted by Gasteiger charge is -2.30. The van der Waals surface area contributed by atoms with Crippen LogP contribution in [0.5, 0.6) is 0 Å². The fourth-order valence-corrected chi connectivity index (χ4v) is 4.34. The van der Waals surface area contributed by atoms with E-state index in [1.165, 1.54) is 19.3 Å². The van der Waals surface area contributed by atoms with Gasteiger partial charge in [-0.05, 0) is 31.6 Å². The molecule has 0 bridgehead atoms. The summed E-state index contributed by atoms with van der Waals surface area (Å²) < 4.78 is 26.5. The quantitative estimate of drug-likeness (QED) is 0.730. The van der Waals surface area contributed by atoms with Gasteiger partial charge in [0.25, 0.3) is 0 Å². The maximum Gasteiger partial charge on any atom is 0.211 e. The molecule has 0 spiro atoms. The third-order valence-electron chi connectivity index (χ3n) is 3.54. The molecule has 0 aromatic rings. The van der Waals surface area contributed by atoms with Crippen molar-refractivity contribution in [1.82, 2.24) is 4.72 Å². The van der Waals surface area contributed by atoms with Crippen molar-refractivity contribution in [3.05, 3.63) is 0 Å². The lowest BCUT2D eigenvalue weighted by Crippen LogP contribution is -2.41. The Bertz CT molecular complexity index is 300. The molecule has 1 aliphatic carbocycles. The molecule has 1 saturated carbocycles. The van der Waals surface area contributed by atoms with E-state index in [-0.39, 0.29) is 11.8 Å². The largest absolute Gasteiger partial charge is 0.212 e. The number of nitrogens with one attached hydrogen (secondary N) is 1. The highest BCUT2D eigenvalue weighted by atomic mass is 35.5. The molecule has 0 aliphatic heterocycles. The highest BCUT2D eigenvalue weighted by Crippen LogP contribution is 2.28. The molecule has 0 heterocycles. The van der Waals surface area contributed by atoms with E-state index in [0.717, 1.165) is 19.3 Å². The summed E-state index contributed by atoms with van der Waals surface area (Å²) in [6, 6.07) is 0.121. The van der Waals surface area contributed by atoms with Crippen LogP contribution < -0.4 is 4.72 Å². The van der Waals surface area contributed by atoms with Crippen LogP contribution in [-0.2, 0) is 10.0 Å². The third-order valence-corrected chi connectivity index (χ3v) is 5.29. The number of halogens is 1. The topological polar surface area (TPSA) is 46.2 Å². The molecule has 1 N–H and O–H groups in total. The molecule has 1 atom stereocenters. The summed E-state index contributed by atoms with van der Waals surface area (Å²) in [6.45, 7) is 2.06. The minimum atomic E-state index is -3.14. The third kappa shape index (κ3) is 5.58. The van der Waals surface area contributed by atoms with Crippen LogP contribution >= 0.6 is 11.6 Å². The zero-order valence-electron chi connectivity index (χ0n) is 10.6. The molecule has 5 heteroatoms. The molecule has 1 unspecified atom stereocenters. The van der Waals surface area contributed by atoms with Crippen molar-refractivity contribution in [1.29, 1.82) is 0 Å². The second-order valence-electron chi connectivity index (χ2n) is 4.89. The highest BCUT2D eigenvalue weighted by molar-refractivity contribution is 7.89. The van der Waals surface area contributed by atoms with E-state index in [1.807, 2.05) is 0 Å². The first-order chi connectivity index (χ1) is 8.09. The van der Waals surface area contributed by atoms with E-state index in [4.69, 9.17) is 11.6 Å². The average Bonchev–Trinajstić information content (AvgIpc) is 2.35. The van der Waals surface area contributed by atoms with Gasteiger partial charge in [-0.2, -0.15) is 0 Å². The van der Waals surface area contributed by atoms with Gasteiger partial charge in [0.1, 0.15) is 0 Å². The van der Waals surface area contributed by atoms with E-state index >= 15 is 0 Å². The normalized spacial score (nSPS) is 20.4. The van der Waals surface area contributed by atoms with Crippen molar-refractivity contribution in [3.8, 4) is 0 Å². The molecule has 0 aromatic heterocycles. The summed E-state index contributed by atoms with van der Waals surface area (Å²) in [5, 5.41) is 0. The van der Waals surface area contributed by atoms with Gasteiger partial charge in [-0.25, -0.2) is 13.1 Å². The molecule has 1 aliphatic rings. The van der Waals surface area contributed by atoms with Crippen LogP contribution in [0.15, 0.2) is 0 Å². The molecule has 3 nitrogen and oxygen atoms in total. The summed E-state index contributed by atoms with van der Waals surface area (Å²) in [6.07, 6.45) is 7.51. The lowest BCUT2D eigenvalue weighted by atomic mass is 9.83. The number of rotatable bonds is 7. The van der Waals surface area contributed by atoms with Crippen molar-refractivity contribution in [3.63, 3.8) is 0 Å². The average molecular weight is 282 g/mol. The predicted molar refractivity (Wildman–Crippen MR) is 72.9 cm³/mol. The Morgan fingerprint density at radius 2 is 1.94 bits per heavy atom. The predicted octanol–water partition coefficient (Wildman–Crippen LogP) is 2.89. The van der Waals surface area contributed by atoms with E-state index in [2.05, 4.69) is 11.6 Å². The molecule has 17 heavy (non-hydrogen) atoms. The van der Waals surface area contributed by atoms with Gasteiger partial charge in [-0.15, -0.1) is 11.6 Å². The first-order valence-corrected chi connectivity index (χ1v) is 8.83. The van der Waals surface area contributed by atoms with Gasteiger partial charge in [0.15, 0.2) is 0 Å². The van der Waals surface area contributed by atoms with E-state index in [9.17, 15) is 8.42 Å². The van der Waals surface area contributed by atoms with Gasteiger partial charge < -0.3 is 0 Å². The molecule has 1 fully saturated rings. The second kappa shape index (κ2) is 7.59. The molecule has 102 valence electrons. The van der Waals surface area contributed by atoms with Gasteiger partial charge >= 0.3 is 0 Å². The second-order valence-corrected chi connectivity index (χ2v) is 7.14. The first-order valence-electron chi connectivity index (χ1n) is 6.65. The van der Waals surface area contributed by atoms with E-state index in [0.29, 0.717) is 18.2 Å². The number of hydrogen-bond donors (Lipinski definition) is 1. The Morgan fingerprint density at radius 3 is 2.47 bits per heavy atom. The van der Waals surface area contributed by atoms with Crippen molar-refractivity contribution in [2.75, 3.05) is 11.6 Å². The number of alkyl halides is 1. The van der Waals surface area contributed by atoms with Crippen molar-refractivity contribution >= 4 is 21.6 Å². The smallest absolute Gasteiger partial charge is 0.211 e. The van der Waals surface area contributed by atoms with Crippen LogP contribution in [-0.4, -0.2) is 26.1 Å². The highest BCUT2D eigenvalue weighted by Gasteiger charge is 2.25. The monoisotopic (exact) mass is 281 g/mol. The Kier molecular flexibility index (Phi) is 6.82. The molecular weight excluding hydrogens is 258 g/mol. The Balaban J connectivity index is 2.50. The van der Waals surface area contributed by atoms with Crippen LogP contribution in [0.1, 0.15) is 51.9 Å². The first kappa shape index (κ1) is 15.3. The molecule has 0 saturated heterocycles. The summed E-state index contributed by atoms with van der Waals surface area (Å²) >= 11 is 5.53. The fraction of sp³-hybridized carbons (Fsp3) is 1.00. The van der Waals surface area contributed by atoms with Crippen LogP contribution in [0.3, 0.4) is 0 Å². The minimum Gasteiger partial charge on any atom is -0.212 e. The fourth-order valence-electron chi connectivity index (χ4n) is 2.58. The van der Waals surface area contributed by atoms with Crippen molar-refractivity contribution < 1.29 is 8.42 Å². The van der Waals surface area contributed by atoms with Crippen LogP contribution in [0.25, 0.3) is 0 Å². The minimum absolute atomic E-state index is 0.121. The van der Waals surface area contributed by atoms with Crippen LogP contribution in [0, 0.1) is 5.92 Å². The van der Waals surface area contributed by atoms with E-state index in [1.54, 1.807) is 0 Å². The van der Waals surface area contributed by atoms with Crippen LogP contribution in [0.4, 0.5) is 0 Å². The molecule has 0 amide bonds. The Hall–Kier alpha value is 0.200. The van der Waals surface area contributed by atoms with Gasteiger partial charge in [-0.3, -0.25) is 0 Å². The summed E-state index contributed by atoms with van der Waals surface area (Å²) in [5.41, 5.74) is 0. The lowest BCUT2D eigenvalue weighted by molar-refractivity contribution is 0.285. The number of sulfonamides is 1. The van der Waals surface area contributed by atoms with E-state index < -0.39 is 10.0 Å². The van der Waals surface area contributed by atoms with Crippen molar-refractivity contribution in [2.24, 2.45) is 5.92 Å². The van der Waals surface area contributed by atoms with Crippen LogP contribution in [0.2, 0.25) is 0 Å². The molecular formula is C12H24ClNO2S. The molecule has 1 rings (SSSR count). The van der Waals surface area contributed by atoms with Gasteiger partial charge in [0, 0.05) is 11.9 Å². The zero-order chi connectivity index (χ0) is 12.7. The van der Waals surface area contributed by atoms with Gasteiger partial charge in [-0.1, -0.05) is 26.2 Å². The SMILES string of the molecule is CCC(NS(=O)(=O)CCCCl)C1CCCCC1. The number of hydrogen-bond acceptors (Lipinski definition) is 2. The summed E-state index contributed by atoms with van der Waals surface area (Å²) in [5.74, 6) is 1.08. The maximum atomic E-state index is 11.8. The maximum absolute atomic E-state index is 11.8. The summed E-state index contributed by atoms with van der Waals surface area (Å²) in [7, 11) is -3.14. The van der Waals surface area contributed by atoms with Crippen molar-refractivity contribution in [2.45, 2.75) is 57.9 Å². The Morgan fingerprint density at radius 1 is 1.29 bits per heavy atom. The standard InChI is InChI=1S/C12H24ClNO2S/c1-2-12(11-7-4-3-5-8-11)14-17(15,16)10-6-9-13/h11-12,14H,2-10H2,1H3. The zero-order valence-corrected chi connectivity index (χ0v) is 12.2. The molecule has 0 radical (unpaired) electrons. The van der Waals surface area contributed by atoms with Gasteiger partial charge in [0.2, 0.25) is 10.0 Å². The Labute approximate surface area is 110 Å². The van der Waals surface area contributed by atoms with Gasteiger partial charge in [0.05, 0.1) is 5.75 Å². The summed E-state index contributed by atoms with van der Waals surface area (Å²) in [4.78, 5) is 0. The molecule has 0 aromatic carbocycles.